The fraction of sp³-hybridized carbons (Fsp3) is 0.833. The number of carboxylic acids is 1. The van der Waals surface area contributed by atoms with Gasteiger partial charge in [0, 0.05) is 12.7 Å². The van der Waals surface area contributed by atoms with Crippen LogP contribution >= 0.6 is 0 Å². The second kappa shape index (κ2) is 17.2. The van der Waals surface area contributed by atoms with Gasteiger partial charge in [0.25, 0.3) is 0 Å². The summed E-state index contributed by atoms with van der Waals surface area (Å²) in [6.45, 7) is 0.343. The Morgan fingerprint density at radius 2 is 1.05 bits per heavy atom. The van der Waals surface area contributed by atoms with Crippen molar-refractivity contribution in [1.29, 1.82) is 0 Å². The van der Waals surface area contributed by atoms with Gasteiger partial charge < -0.3 is 10.2 Å². The van der Waals surface area contributed by atoms with Gasteiger partial charge in [0.15, 0.2) is 0 Å². The monoisotopic (exact) mass is 298 g/mol. The molecule has 3 nitrogen and oxygen atoms in total. The molecule has 0 fully saturated rings. The Balaban J connectivity index is 3.01. The van der Waals surface area contributed by atoms with Crippen LogP contribution in [0.25, 0.3) is 0 Å². The van der Waals surface area contributed by atoms with Crippen molar-refractivity contribution in [2.45, 2.75) is 89.9 Å². The second-order valence-electron chi connectivity index (χ2n) is 5.85. The maximum absolute atomic E-state index is 10.3. The molecule has 124 valence electrons. The summed E-state index contributed by atoms with van der Waals surface area (Å²) in [5.41, 5.74) is 0. The van der Waals surface area contributed by atoms with Crippen molar-refractivity contribution in [2.75, 3.05) is 6.61 Å². The average molecular weight is 298 g/mol. The predicted octanol–water partition coefficient (Wildman–Crippen LogP) is 5.08. The van der Waals surface area contributed by atoms with Crippen LogP contribution in [0.15, 0.2) is 12.2 Å². The zero-order valence-electron chi connectivity index (χ0n) is 13.6. The summed E-state index contributed by atoms with van der Waals surface area (Å²) < 4.78 is 0. The summed E-state index contributed by atoms with van der Waals surface area (Å²) in [5.74, 6) is -0.844. The first-order valence-electron chi connectivity index (χ1n) is 8.77. The molecule has 0 spiro atoms. The van der Waals surface area contributed by atoms with Gasteiger partial charge in [-0.25, -0.2) is 4.79 Å². The van der Waals surface area contributed by atoms with E-state index in [2.05, 4.69) is 0 Å². The van der Waals surface area contributed by atoms with E-state index >= 15 is 0 Å². The summed E-state index contributed by atoms with van der Waals surface area (Å²) in [6, 6.07) is 0. The van der Waals surface area contributed by atoms with Crippen LogP contribution in [0.2, 0.25) is 0 Å². The largest absolute Gasteiger partial charge is 0.478 e. The summed E-state index contributed by atoms with van der Waals surface area (Å²) in [6.07, 6.45) is 20.3. The van der Waals surface area contributed by atoms with Crippen LogP contribution < -0.4 is 0 Å². The van der Waals surface area contributed by atoms with Crippen LogP contribution in [0.4, 0.5) is 0 Å². The highest BCUT2D eigenvalue weighted by atomic mass is 16.4. The molecule has 0 saturated heterocycles. The van der Waals surface area contributed by atoms with Gasteiger partial charge in [0.2, 0.25) is 0 Å². The maximum Gasteiger partial charge on any atom is 0.327 e. The van der Waals surface area contributed by atoms with Gasteiger partial charge >= 0.3 is 5.97 Å². The minimum Gasteiger partial charge on any atom is -0.478 e. The number of aliphatic carboxylic acids is 1. The summed E-state index contributed by atoms with van der Waals surface area (Å²) in [7, 11) is 0. The Morgan fingerprint density at radius 1 is 0.667 bits per heavy atom. The molecule has 0 atom stereocenters. The van der Waals surface area contributed by atoms with Gasteiger partial charge in [-0.1, -0.05) is 76.7 Å². The number of unbranched alkanes of at least 4 members (excludes halogenated alkanes) is 13. The fourth-order valence-corrected chi connectivity index (χ4v) is 2.50. The third-order valence-corrected chi connectivity index (χ3v) is 3.79. The predicted molar refractivity (Wildman–Crippen MR) is 88.5 cm³/mol. The lowest BCUT2D eigenvalue weighted by Crippen LogP contribution is -1.86. The molecule has 0 bridgehead atoms. The molecule has 0 aromatic carbocycles. The SMILES string of the molecule is O=C(O)C=CCCCCCCCCCCCCCCCO. The second-order valence-corrected chi connectivity index (χ2v) is 5.85. The summed E-state index contributed by atoms with van der Waals surface area (Å²) in [5, 5.41) is 17.1. The van der Waals surface area contributed by atoms with Gasteiger partial charge in [-0.3, -0.25) is 0 Å². The molecule has 0 aromatic rings. The van der Waals surface area contributed by atoms with Gasteiger partial charge in [-0.2, -0.15) is 0 Å². The van der Waals surface area contributed by atoms with E-state index in [-0.39, 0.29) is 0 Å². The van der Waals surface area contributed by atoms with Crippen molar-refractivity contribution >= 4 is 5.97 Å². The maximum atomic E-state index is 10.3. The van der Waals surface area contributed by atoms with E-state index in [1.54, 1.807) is 6.08 Å². The number of rotatable bonds is 16. The highest BCUT2D eigenvalue weighted by Crippen LogP contribution is 2.12. The number of hydrogen-bond acceptors (Lipinski definition) is 2. The smallest absolute Gasteiger partial charge is 0.327 e. The van der Waals surface area contributed by atoms with Gasteiger partial charge in [0.1, 0.15) is 0 Å². The minimum absolute atomic E-state index is 0.343. The van der Waals surface area contributed by atoms with Crippen LogP contribution in [0, 0.1) is 0 Å². The quantitative estimate of drug-likeness (QED) is 0.308. The molecule has 2 N–H and O–H groups in total. The Labute approximate surface area is 130 Å². The highest BCUT2D eigenvalue weighted by molar-refractivity contribution is 5.79. The topological polar surface area (TPSA) is 57.5 Å². The Bertz CT molecular complexity index is 249. The normalized spacial score (nSPS) is 11.3. The van der Waals surface area contributed by atoms with E-state index in [9.17, 15) is 4.79 Å². The summed E-state index contributed by atoms with van der Waals surface area (Å²) in [4.78, 5) is 10.3. The number of aliphatic hydroxyl groups is 1. The first kappa shape index (κ1) is 20.2. The van der Waals surface area contributed by atoms with Crippen LogP contribution in [0.3, 0.4) is 0 Å². The molecule has 0 aliphatic carbocycles. The first-order valence-corrected chi connectivity index (χ1v) is 8.77. The Kier molecular flexibility index (Phi) is 16.5. The van der Waals surface area contributed by atoms with Crippen LogP contribution in [0.1, 0.15) is 89.9 Å². The summed E-state index contributed by atoms with van der Waals surface area (Å²) >= 11 is 0. The minimum atomic E-state index is -0.844. The van der Waals surface area contributed by atoms with E-state index in [4.69, 9.17) is 10.2 Å². The van der Waals surface area contributed by atoms with E-state index in [1.165, 1.54) is 76.7 Å². The lowest BCUT2D eigenvalue weighted by Gasteiger charge is -2.02. The van der Waals surface area contributed by atoms with Gasteiger partial charge in [0.05, 0.1) is 0 Å². The number of aliphatic hydroxyl groups excluding tert-OH is 1. The number of hydrogen-bond donors (Lipinski definition) is 2. The number of allylic oxidation sites excluding steroid dienone is 1. The first-order chi connectivity index (χ1) is 10.3. The zero-order chi connectivity index (χ0) is 15.6. The molecule has 0 amide bonds. The van der Waals surface area contributed by atoms with Crippen molar-refractivity contribution in [3.05, 3.63) is 12.2 Å². The molecule has 0 rings (SSSR count). The van der Waals surface area contributed by atoms with Crippen LogP contribution in [-0.2, 0) is 4.79 Å². The molecule has 0 unspecified atom stereocenters. The van der Waals surface area contributed by atoms with E-state index in [0.717, 1.165) is 19.3 Å². The molecule has 0 aliphatic rings. The van der Waals surface area contributed by atoms with Crippen LogP contribution in [0.5, 0.6) is 0 Å². The lowest BCUT2D eigenvalue weighted by atomic mass is 10.0. The molecule has 0 aromatic heterocycles. The van der Waals surface area contributed by atoms with Crippen LogP contribution in [-0.4, -0.2) is 22.8 Å². The fourth-order valence-electron chi connectivity index (χ4n) is 2.50. The molecular formula is C18H34O3. The van der Waals surface area contributed by atoms with Crippen molar-refractivity contribution < 1.29 is 15.0 Å². The van der Waals surface area contributed by atoms with E-state index < -0.39 is 5.97 Å². The third-order valence-electron chi connectivity index (χ3n) is 3.79. The van der Waals surface area contributed by atoms with E-state index in [0.29, 0.717) is 6.61 Å². The Morgan fingerprint density at radius 3 is 1.43 bits per heavy atom. The van der Waals surface area contributed by atoms with Gasteiger partial charge in [-0.15, -0.1) is 0 Å². The molecule has 0 aliphatic heterocycles. The van der Waals surface area contributed by atoms with Crippen molar-refractivity contribution in [3.8, 4) is 0 Å². The standard InChI is InChI=1S/C18H34O3/c19-17-15-13-11-9-7-5-3-1-2-4-6-8-10-12-14-16-18(20)21/h14,16,19H,1-13,15,17H2,(H,20,21). The molecule has 3 heteroatoms. The molecule has 0 radical (unpaired) electrons. The van der Waals surface area contributed by atoms with Crippen molar-refractivity contribution in [3.63, 3.8) is 0 Å². The molecule has 0 saturated carbocycles. The highest BCUT2D eigenvalue weighted by Gasteiger charge is 1.94. The van der Waals surface area contributed by atoms with Crippen molar-refractivity contribution in [2.24, 2.45) is 0 Å². The molecule has 0 heterocycles. The van der Waals surface area contributed by atoms with Crippen molar-refractivity contribution in [1.82, 2.24) is 0 Å². The molecular weight excluding hydrogens is 264 g/mol. The number of carbonyl (C=O) groups is 1. The lowest BCUT2D eigenvalue weighted by molar-refractivity contribution is -0.131. The van der Waals surface area contributed by atoms with E-state index in [1.807, 2.05) is 0 Å². The Hall–Kier alpha value is -0.830. The average Bonchev–Trinajstić information content (AvgIpc) is 2.46. The van der Waals surface area contributed by atoms with Gasteiger partial charge in [-0.05, 0) is 19.3 Å². The zero-order valence-corrected chi connectivity index (χ0v) is 13.6. The third kappa shape index (κ3) is 19.2. The molecule has 21 heavy (non-hydrogen) atoms. The number of carboxylic acid groups (broad SMARTS) is 1.